The molecule has 0 aromatic carbocycles. The van der Waals surface area contributed by atoms with Crippen molar-refractivity contribution in [3.8, 4) is 0 Å². The summed E-state index contributed by atoms with van der Waals surface area (Å²) in [5, 5.41) is -0.269. The molecule has 0 radical (unpaired) electrons. The van der Waals surface area contributed by atoms with Gasteiger partial charge >= 0.3 is 0 Å². The van der Waals surface area contributed by atoms with Gasteiger partial charge in [-0.15, -0.1) is 0 Å². The lowest BCUT2D eigenvalue weighted by Gasteiger charge is -2.37. The first-order valence-electron chi connectivity index (χ1n) is 5.95. The number of rotatable bonds is 2. The van der Waals surface area contributed by atoms with Gasteiger partial charge in [-0.1, -0.05) is 6.92 Å². The zero-order chi connectivity index (χ0) is 11.2. The van der Waals surface area contributed by atoms with Crippen LogP contribution in [0, 0.1) is 5.92 Å². The number of hydrogen-bond donors (Lipinski definition) is 0. The second-order valence-corrected chi connectivity index (χ2v) is 7.78. The quantitative estimate of drug-likeness (QED) is 0.729. The molecule has 15 heavy (non-hydrogen) atoms. The third-order valence-corrected chi connectivity index (χ3v) is 6.17. The Bertz CT molecular complexity index is 322. The van der Waals surface area contributed by atoms with Gasteiger partial charge in [0.15, 0.2) is 0 Å². The molecule has 0 aliphatic carbocycles. The van der Waals surface area contributed by atoms with Crippen LogP contribution in [0.4, 0.5) is 0 Å². The summed E-state index contributed by atoms with van der Waals surface area (Å²) in [7, 11) is -3.03. The smallest absolute Gasteiger partial charge is 0.212 e. The summed E-state index contributed by atoms with van der Waals surface area (Å²) < 4.78 is 26.2. The molecule has 0 spiro atoms. The number of sulfonamides is 1. The minimum atomic E-state index is -3.03. The van der Waals surface area contributed by atoms with E-state index in [1.807, 2.05) is 4.31 Å². The Kier molecular flexibility index (Phi) is 2.84. The van der Waals surface area contributed by atoms with Gasteiger partial charge in [-0.3, -0.25) is 0 Å². The Morgan fingerprint density at radius 1 is 1.13 bits per heavy atom. The van der Waals surface area contributed by atoms with E-state index in [9.17, 15) is 8.42 Å². The van der Waals surface area contributed by atoms with Gasteiger partial charge in [0, 0.05) is 12.1 Å². The predicted molar refractivity (Wildman–Crippen MR) is 61.1 cm³/mol. The molecule has 2 saturated heterocycles. The van der Waals surface area contributed by atoms with Crippen LogP contribution in [-0.4, -0.2) is 30.1 Å². The highest BCUT2D eigenvalue weighted by atomic mass is 32.2. The topological polar surface area (TPSA) is 37.4 Å². The van der Waals surface area contributed by atoms with Crippen molar-refractivity contribution >= 4 is 10.0 Å². The first-order chi connectivity index (χ1) is 6.93. The van der Waals surface area contributed by atoms with Crippen LogP contribution in [0.15, 0.2) is 0 Å². The van der Waals surface area contributed by atoms with Crippen molar-refractivity contribution < 1.29 is 8.42 Å². The van der Waals surface area contributed by atoms with Gasteiger partial charge < -0.3 is 0 Å². The van der Waals surface area contributed by atoms with E-state index in [1.165, 1.54) is 0 Å². The van der Waals surface area contributed by atoms with E-state index in [1.54, 1.807) is 13.8 Å². The summed E-state index contributed by atoms with van der Waals surface area (Å²) in [4.78, 5) is 0. The van der Waals surface area contributed by atoms with Crippen molar-refractivity contribution in [2.24, 2.45) is 5.92 Å². The fourth-order valence-electron chi connectivity index (χ4n) is 3.07. The van der Waals surface area contributed by atoms with Gasteiger partial charge in [0.2, 0.25) is 10.0 Å². The fourth-order valence-corrected chi connectivity index (χ4v) is 4.77. The highest BCUT2D eigenvalue weighted by Gasteiger charge is 2.46. The number of piperidine rings is 1. The molecule has 3 atom stereocenters. The summed E-state index contributed by atoms with van der Waals surface area (Å²) in [6.07, 6.45) is 4.26. The van der Waals surface area contributed by atoms with Crippen molar-refractivity contribution in [2.45, 2.75) is 63.8 Å². The van der Waals surface area contributed by atoms with E-state index in [0.29, 0.717) is 18.0 Å². The molecule has 0 aromatic rings. The molecule has 88 valence electrons. The molecule has 4 heteroatoms. The van der Waals surface area contributed by atoms with Gasteiger partial charge in [-0.2, -0.15) is 4.31 Å². The van der Waals surface area contributed by atoms with Gasteiger partial charge in [-0.25, -0.2) is 8.42 Å². The Morgan fingerprint density at radius 3 is 2.00 bits per heavy atom. The summed E-state index contributed by atoms with van der Waals surface area (Å²) in [6, 6.07) is 0.595. The van der Waals surface area contributed by atoms with E-state index in [0.717, 1.165) is 25.7 Å². The third-order valence-electron chi connectivity index (χ3n) is 3.79. The first kappa shape index (κ1) is 11.4. The zero-order valence-electron chi connectivity index (χ0n) is 9.81. The monoisotopic (exact) mass is 231 g/mol. The number of fused-ring (bicyclic) bond motifs is 2. The van der Waals surface area contributed by atoms with E-state index < -0.39 is 10.0 Å². The van der Waals surface area contributed by atoms with Crippen LogP contribution >= 0.6 is 0 Å². The number of nitrogens with zero attached hydrogens (tertiary/aromatic N) is 1. The van der Waals surface area contributed by atoms with Gasteiger partial charge in [0.05, 0.1) is 5.25 Å². The van der Waals surface area contributed by atoms with E-state index in [4.69, 9.17) is 0 Å². The van der Waals surface area contributed by atoms with E-state index in [-0.39, 0.29) is 5.25 Å². The lowest BCUT2D eigenvalue weighted by atomic mass is 9.94. The van der Waals surface area contributed by atoms with Crippen LogP contribution in [0.25, 0.3) is 0 Å². The SMILES string of the molecule is CC1C[C@H]2CC[C@@H](C1)N2S(=O)(=O)C(C)C. The molecule has 0 amide bonds. The first-order valence-corrected chi connectivity index (χ1v) is 7.45. The summed E-state index contributed by atoms with van der Waals surface area (Å²) in [6.45, 7) is 5.81. The fraction of sp³-hybridized carbons (Fsp3) is 1.00. The van der Waals surface area contributed by atoms with Crippen molar-refractivity contribution in [3.05, 3.63) is 0 Å². The van der Waals surface area contributed by atoms with Gasteiger partial charge in [0.1, 0.15) is 0 Å². The third kappa shape index (κ3) is 1.82. The highest BCUT2D eigenvalue weighted by Crippen LogP contribution is 2.40. The van der Waals surface area contributed by atoms with E-state index in [2.05, 4.69) is 6.92 Å². The molecule has 2 fully saturated rings. The van der Waals surface area contributed by atoms with Crippen LogP contribution in [0.3, 0.4) is 0 Å². The van der Waals surface area contributed by atoms with Crippen LogP contribution < -0.4 is 0 Å². The molecular weight excluding hydrogens is 210 g/mol. The van der Waals surface area contributed by atoms with Crippen molar-refractivity contribution in [2.75, 3.05) is 0 Å². The molecule has 2 aliphatic heterocycles. The maximum absolute atomic E-state index is 12.2. The van der Waals surface area contributed by atoms with Gasteiger partial charge in [-0.05, 0) is 45.4 Å². The van der Waals surface area contributed by atoms with Crippen molar-refractivity contribution in [3.63, 3.8) is 0 Å². The molecule has 3 nitrogen and oxygen atoms in total. The highest BCUT2D eigenvalue weighted by molar-refractivity contribution is 7.89. The van der Waals surface area contributed by atoms with Gasteiger partial charge in [0.25, 0.3) is 0 Å². The Labute approximate surface area is 92.9 Å². The maximum atomic E-state index is 12.2. The molecule has 0 aromatic heterocycles. The Balaban J connectivity index is 2.26. The molecule has 2 heterocycles. The van der Waals surface area contributed by atoms with Crippen molar-refractivity contribution in [1.82, 2.24) is 4.31 Å². The van der Waals surface area contributed by atoms with Crippen LogP contribution in [-0.2, 0) is 10.0 Å². The number of hydrogen-bond acceptors (Lipinski definition) is 2. The molecular formula is C11H21NO2S. The molecule has 2 bridgehead atoms. The van der Waals surface area contributed by atoms with Crippen LogP contribution in [0.2, 0.25) is 0 Å². The molecule has 2 rings (SSSR count). The van der Waals surface area contributed by atoms with Crippen LogP contribution in [0.5, 0.6) is 0 Å². The normalized spacial score (nSPS) is 37.5. The summed E-state index contributed by atoms with van der Waals surface area (Å²) in [5.41, 5.74) is 0. The average molecular weight is 231 g/mol. The standard InChI is InChI=1S/C11H21NO2S/c1-8(2)15(13,14)12-10-4-5-11(12)7-9(3)6-10/h8-11H,4-7H2,1-3H3/t9?,10-,11+. The molecule has 1 unspecified atom stereocenters. The second kappa shape index (κ2) is 3.74. The minimum Gasteiger partial charge on any atom is -0.212 e. The molecule has 2 aliphatic rings. The second-order valence-electron chi connectivity index (χ2n) is 5.39. The lowest BCUT2D eigenvalue weighted by Crippen LogP contribution is -2.48. The minimum absolute atomic E-state index is 0.269. The molecule has 0 N–H and O–H groups in total. The average Bonchev–Trinajstić information content (AvgIpc) is 2.39. The zero-order valence-corrected chi connectivity index (χ0v) is 10.6. The predicted octanol–water partition coefficient (Wildman–Crippen LogP) is 1.99. The maximum Gasteiger partial charge on any atom is 0.216 e. The van der Waals surface area contributed by atoms with Crippen LogP contribution in [0.1, 0.15) is 46.5 Å². The van der Waals surface area contributed by atoms with E-state index >= 15 is 0 Å². The summed E-state index contributed by atoms with van der Waals surface area (Å²) >= 11 is 0. The van der Waals surface area contributed by atoms with Crippen molar-refractivity contribution in [1.29, 1.82) is 0 Å². The lowest BCUT2D eigenvalue weighted by molar-refractivity contribution is 0.199. The largest absolute Gasteiger partial charge is 0.216 e. The Hall–Kier alpha value is -0.0900. The summed E-state index contributed by atoms with van der Waals surface area (Å²) in [5.74, 6) is 0.695. The molecule has 0 saturated carbocycles. The Morgan fingerprint density at radius 2 is 1.60 bits per heavy atom.